The summed E-state index contributed by atoms with van der Waals surface area (Å²) in [5.74, 6) is -0.417. The molecule has 23 heavy (non-hydrogen) atoms. The van der Waals surface area contributed by atoms with Gasteiger partial charge in [-0.05, 0) is 38.0 Å². The highest BCUT2D eigenvalue weighted by Crippen LogP contribution is 2.27. The summed E-state index contributed by atoms with van der Waals surface area (Å²) in [6, 6.07) is 11.1. The zero-order valence-electron chi connectivity index (χ0n) is 13.3. The Bertz CT molecular complexity index is 961. The minimum atomic E-state index is -0.557. The van der Waals surface area contributed by atoms with Crippen molar-refractivity contribution in [2.45, 2.75) is 20.8 Å². The van der Waals surface area contributed by atoms with E-state index in [1.165, 1.54) is 5.56 Å². The Labute approximate surface area is 133 Å². The van der Waals surface area contributed by atoms with Crippen LogP contribution in [0.15, 0.2) is 50.6 Å². The first kappa shape index (κ1) is 15.0. The van der Waals surface area contributed by atoms with Gasteiger partial charge in [-0.25, -0.2) is 4.79 Å². The highest BCUT2D eigenvalue weighted by molar-refractivity contribution is 6.01. The third kappa shape index (κ3) is 2.75. The number of aryl methyl sites for hydroxylation is 3. The molecule has 0 saturated heterocycles. The van der Waals surface area contributed by atoms with Crippen LogP contribution in [0.25, 0.3) is 10.8 Å². The van der Waals surface area contributed by atoms with E-state index in [9.17, 15) is 9.90 Å². The van der Waals surface area contributed by atoms with Gasteiger partial charge in [0, 0.05) is 11.6 Å². The zero-order chi connectivity index (χ0) is 16.6. The van der Waals surface area contributed by atoms with Gasteiger partial charge in [0.2, 0.25) is 0 Å². The topological polar surface area (TPSA) is 62.8 Å². The number of aliphatic imine (C=N–C) groups is 1. The van der Waals surface area contributed by atoms with Crippen LogP contribution in [0.5, 0.6) is 5.95 Å². The summed E-state index contributed by atoms with van der Waals surface area (Å²) in [6.07, 6.45) is 1.55. The Morgan fingerprint density at radius 3 is 2.30 bits per heavy atom. The first-order valence-electron chi connectivity index (χ1n) is 7.34. The Hall–Kier alpha value is -2.88. The molecule has 0 amide bonds. The number of hydrogen-bond donors (Lipinski definition) is 1. The van der Waals surface area contributed by atoms with Crippen LogP contribution < -0.4 is 5.63 Å². The van der Waals surface area contributed by atoms with E-state index in [0.29, 0.717) is 16.3 Å². The van der Waals surface area contributed by atoms with Crippen LogP contribution in [0, 0.1) is 20.8 Å². The van der Waals surface area contributed by atoms with Crippen LogP contribution in [-0.2, 0) is 0 Å². The molecule has 0 aliphatic rings. The van der Waals surface area contributed by atoms with Crippen molar-refractivity contribution in [1.29, 1.82) is 0 Å². The van der Waals surface area contributed by atoms with Crippen molar-refractivity contribution in [3.8, 4) is 5.95 Å². The average molecular weight is 307 g/mol. The highest BCUT2D eigenvalue weighted by atomic mass is 16.5. The van der Waals surface area contributed by atoms with Crippen molar-refractivity contribution in [2.75, 3.05) is 0 Å². The fourth-order valence-corrected chi connectivity index (χ4v) is 2.84. The Balaban J connectivity index is 2.18. The molecule has 0 atom stereocenters. The van der Waals surface area contributed by atoms with Gasteiger partial charge in [-0.15, -0.1) is 0 Å². The maximum atomic E-state index is 11.8. The lowest BCUT2D eigenvalue weighted by Crippen LogP contribution is -2.01. The number of aromatic hydroxyl groups is 1. The molecule has 116 valence electrons. The summed E-state index contributed by atoms with van der Waals surface area (Å²) >= 11 is 0. The standard InChI is InChI=1S/C19H17NO3/c1-11-8-12(2)17(13(3)9-11)20-10-16-14-6-4-5-7-15(14)18(21)23-19(16)22/h4-10,22H,1-3H3. The van der Waals surface area contributed by atoms with Crippen LogP contribution in [0.3, 0.4) is 0 Å². The minimum Gasteiger partial charge on any atom is -0.480 e. The zero-order valence-corrected chi connectivity index (χ0v) is 13.3. The SMILES string of the molecule is Cc1cc(C)c(N=Cc2c(O)oc(=O)c3ccccc23)c(C)c1. The molecule has 3 aromatic rings. The molecule has 1 heterocycles. The van der Waals surface area contributed by atoms with Gasteiger partial charge in [-0.2, -0.15) is 0 Å². The molecule has 1 aromatic heterocycles. The number of nitrogens with zero attached hydrogens (tertiary/aromatic N) is 1. The Morgan fingerprint density at radius 1 is 1.04 bits per heavy atom. The quantitative estimate of drug-likeness (QED) is 0.723. The summed E-state index contributed by atoms with van der Waals surface area (Å²) in [6.45, 7) is 6.03. The van der Waals surface area contributed by atoms with Crippen molar-refractivity contribution < 1.29 is 9.52 Å². The number of hydrogen-bond acceptors (Lipinski definition) is 4. The number of rotatable bonds is 2. The van der Waals surface area contributed by atoms with Gasteiger partial charge in [0.25, 0.3) is 5.95 Å². The van der Waals surface area contributed by atoms with E-state index in [0.717, 1.165) is 16.8 Å². The molecule has 4 nitrogen and oxygen atoms in total. The predicted octanol–water partition coefficient (Wildman–Crippen LogP) is 4.17. The molecular weight excluding hydrogens is 290 g/mol. The first-order chi connectivity index (χ1) is 11.0. The van der Waals surface area contributed by atoms with E-state index in [1.807, 2.05) is 20.8 Å². The van der Waals surface area contributed by atoms with Crippen LogP contribution in [0.1, 0.15) is 22.3 Å². The fourth-order valence-electron chi connectivity index (χ4n) is 2.84. The minimum absolute atomic E-state index is 0.402. The van der Waals surface area contributed by atoms with Gasteiger partial charge in [0.1, 0.15) is 0 Å². The van der Waals surface area contributed by atoms with Gasteiger partial charge >= 0.3 is 5.63 Å². The second-order valence-electron chi connectivity index (χ2n) is 5.66. The van der Waals surface area contributed by atoms with Crippen molar-refractivity contribution in [3.63, 3.8) is 0 Å². The average Bonchev–Trinajstić information content (AvgIpc) is 2.49. The molecule has 0 fully saturated rings. The third-order valence-electron chi connectivity index (χ3n) is 3.82. The van der Waals surface area contributed by atoms with E-state index in [-0.39, 0.29) is 0 Å². The molecule has 3 rings (SSSR count). The maximum absolute atomic E-state index is 11.8. The summed E-state index contributed by atoms with van der Waals surface area (Å²) in [5.41, 5.74) is 3.99. The second kappa shape index (κ2) is 5.72. The molecular formula is C19H17NO3. The van der Waals surface area contributed by atoms with Gasteiger partial charge in [0.05, 0.1) is 16.6 Å². The predicted molar refractivity (Wildman–Crippen MR) is 92.1 cm³/mol. The maximum Gasteiger partial charge on any atom is 0.346 e. The van der Waals surface area contributed by atoms with Crippen LogP contribution in [0.4, 0.5) is 5.69 Å². The van der Waals surface area contributed by atoms with Crippen LogP contribution >= 0.6 is 0 Å². The monoisotopic (exact) mass is 307 g/mol. The molecule has 1 N–H and O–H groups in total. The van der Waals surface area contributed by atoms with Crippen molar-refractivity contribution in [1.82, 2.24) is 0 Å². The van der Waals surface area contributed by atoms with Crippen LogP contribution in [0.2, 0.25) is 0 Å². The third-order valence-corrected chi connectivity index (χ3v) is 3.82. The molecule has 0 aliphatic heterocycles. The first-order valence-corrected chi connectivity index (χ1v) is 7.34. The smallest absolute Gasteiger partial charge is 0.346 e. The second-order valence-corrected chi connectivity index (χ2v) is 5.66. The summed E-state index contributed by atoms with van der Waals surface area (Å²) in [4.78, 5) is 16.3. The lowest BCUT2D eigenvalue weighted by atomic mass is 10.1. The van der Waals surface area contributed by atoms with Gasteiger partial charge in [-0.3, -0.25) is 4.99 Å². The van der Waals surface area contributed by atoms with Crippen molar-refractivity contribution in [3.05, 3.63) is 69.1 Å². The van der Waals surface area contributed by atoms with Gasteiger partial charge < -0.3 is 9.52 Å². The molecule has 0 aliphatic carbocycles. The molecule has 0 unspecified atom stereocenters. The Kier molecular flexibility index (Phi) is 3.74. The van der Waals surface area contributed by atoms with E-state index in [4.69, 9.17) is 4.42 Å². The van der Waals surface area contributed by atoms with E-state index < -0.39 is 11.6 Å². The van der Waals surface area contributed by atoms with E-state index >= 15 is 0 Å². The number of benzene rings is 2. The van der Waals surface area contributed by atoms with Gasteiger partial charge in [0.15, 0.2) is 0 Å². The summed E-state index contributed by atoms with van der Waals surface area (Å²) < 4.78 is 4.90. The normalized spacial score (nSPS) is 11.4. The lowest BCUT2D eigenvalue weighted by Gasteiger charge is -2.07. The molecule has 0 spiro atoms. The van der Waals surface area contributed by atoms with E-state index in [2.05, 4.69) is 17.1 Å². The van der Waals surface area contributed by atoms with Crippen molar-refractivity contribution >= 4 is 22.7 Å². The van der Waals surface area contributed by atoms with Crippen molar-refractivity contribution in [2.24, 2.45) is 4.99 Å². The molecule has 0 saturated carbocycles. The number of fused-ring (bicyclic) bond motifs is 1. The molecule has 0 radical (unpaired) electrons. The summed E-state index contributed by atoms with van der Waals surface area (Å²) in [7, 11) is 0. The Morgan fingerprint density at radius 2 is 1.65 bits per heavy atom. The largest absolute Gasteiger partial charge is 0.480 e. The highest BCUT2D eigenvalue weighted by Gasteiger charge is 2.11. The fraction of sp³-hybridized carbons (Fsp3) is 0.158. The van der Waals surface area contributed by atoms with Gasteiger partial charge in [-0.1, -0.05) is 35.9 Å². The lowest BCUT2D eigenvalue weighted by molar-refractivity contribution is 0.312. The van der Waals surface area contributed by atoms with Crippen LogP contribution in [-0.4, -0.2) is 11.3 Å². The molecule has 0 bridgehead atoms. The summed E-state index contributed by atoms with van der Waals surface area (Å²) in [5, 5.41) is 11.0. The molecule has 2 aromatic carbocycles. The molecule has 4 heteroatoms. The van der Waals surface area contributed by atoms with E-state index in [1.54, 1.807) is 30.5 Å².